The van der Waals surface area contributed by atoms with E-state index in [4.69, 9.17) is 30.8 Å². The highest BCUT2D eigenvalue weighted by atomic mass is 35.5. The highest BCUT2D eigenvalue weighted by molar-refractivity contribution is 6.31. The van der Waals surface area contributed by atoms with Crippen molar-refractivity contribution in [1.29, 1.82) is 0 Å². The third kappa shape index (κ3) is 4.95. The van der Waals surface area contributed by atoms with Crippen LogP contribution in [-0.4, -0.2) is 50.6 Å². The number of anilines is 1. The van der Waals surface area contributed by atoms with Gasteiger partial charge in [-0.05, 0) is 30.5 Å². The number of hydrogen-bond acceptors (Lipinski definition) is 7. The number of aromatic nitrogens is 1. The molecule has 4 rings (SSSR count). The number of aliphatic hydroxyl groups excluding tert-OH is 1. The summed E-state index contributed by atoms with van der Waals surface area (Å²) in [7, 11) is 4.80. The van der Waals surface area contributed by atoms with E-state index in [1.807, 2.05) is 30.3 Å². The lowest BCUT2D eigenvalue weighted by molar-refractivity contribution is 0.154. The van der Waals surface area contributed by atoms with Crippen LogP contribution in [0, 0.1) is 0 Å². The van der Waals surface area contributed by atoms with Crippen molar-refractivity contribution in [1.82, 2.24) is 10.3 Å². The smallest absolute Gasteiger partial charge is 0.204 e. The molecule has 0 bridgehead atoms. The standard InChI is InChI=1S/C25H30ClN3O4/c1-31-22-12-21-19(23(32-2)24(22)33-3)11-17(14-27-13-16-7-4-5-9-20(16)26)25(28-21)29-10-6-8-18(30)15-29/h4-5,7,9,11-12,18,27,30H,6,8,10,13-15H2,1-3H3/t18-/m0/s1. The average molecular weight is 472 g/mol. The van der Waals surface area contributed by atoms with Gasteiger partial charge in [-0.25, -0.2) is 4.98 Å². The summed E-state index contributed by atoms with van der Waals surface area (Å²) in [6.45, 7) is 2.61. The number of nitrogens with zero attached hydrogens (tertiary/aromatic N) is 2. The Morgan fingerprint density at radius 1 is 1.06 bits per heavy atom. The fourth-order valence-corrected chi connectivity index (χ4v) is 4.55. The van der Waals surface area contributed by atoms with Crippen molar-refractivity contribution in [3.8, 4) is 17.2 Å². The minimum atomic E-state index is -0.361. The minimum Gasteiger partial charge on any atom is -0.493 e. The number of fused-ring (bicyclic) bond motifs is 1. The zero-order chi connectivity index (χ0) is 23.4. The Kier molecular flexibility index (Phi) is 7.42. The third-order valence-electron chi connectivity index (χ3n) is 5.96. The van der Waals surface area contributed by atoms with E-state index in [9.17, 15) is 5.11 Å². The Labute approximate surface area is 199 Å². The Balaban J connectivity index is 1.75. The van der Waals surface area contributed by atoms with E-state index in [2.05, 4.69) is 16.3 Å². The molecule has 33 heavy (non-hydrogen) atoms. The molecule has 3 aromatic rings. The summed E-state index contributed by atoms with van der Waals surface area (Å²) in [4.78, 5) is 7.16. The lowest BCUT2D eigenvalue weighted by Gasteiger charge is -2.32. The van der Waals surface area contributed by atoms with Gasteiger partial charge < -0.3 is 29.5 Å². The van der Waals surface area contributed by atoms with Crippen molar-refractivity contribution >= 4 is 28.3 Å². The number of β-amino-alcohol motifs (C(OH)–C–C–N with tert-alkyl or cyclic N) is 1. The molecule has 2 aromatic carbocycles. The number of rotatable bonds is 8. The quantitative estimate of drug-likeness (QED) is 0.510. The largest absolute Gasteiger partial charge is 0.493 e. The molecule has 1 aliphatic rings. The molecule has 7 nitrogen and oxygen atoms in total. The van der Waals surface area contributed by atoms with Gasteiger partial charge in [-0.15, -0.1) is 0 Å². The van der Waals surface area contributed by atoms with Crippen LogP contribution in [0.3, 0.4) is 0 Å². The monoisotopic (exact) mass is 471 g/mol. The van der Waals surface area contributed by atoms with Crippen LogP contribution in [0.25, 0.3) is 10.9 Å². The highest BCUT2D eigenvalue weighted by Crippen LogP contribution is 2.44. The third-order valence-corrected chi connectivity index (χ3v) is 6.33. The second-order valence-electron chi connectivity index (χ2n) is 8.12. The number of aliphatic hydroxyl groups is 1. The summed E-state index contributed by atoms with van der Waals surface area (Å²) in [6.07, 6.45) is 1.37. The topological polar surface area (TPSA) is 76.1 Å². The van der Waals surface area contributed by atoms with Crippen LogP contribution in [-0.2, 0) is 13.1 Å². The van der Waals surface area contributed by atoms with Crippen LogP contribution in [0.1, 0.15) is 24.0 Å². The molecule has 2 N–H and O–H groups in total. The van der Waals surface area contributed by atoms with Gasteiger partial charge in [0.05, 0.1) is 33.0 Å². The maximum atomic E-state index is 10.3. The van der Waals surface area contributed by atoms with E-state index in [-0.39, 0.29) is 6.10 Å². The number of methoxy groups -OCH3 is 3. The summed E-state index contributed by atoms with van der Waals surface area (Å²) >= 11 is 6.32. The van der Waals surface area contributed by atoms with Crippen molar-refractivity contribution in [3.05, 3.63) is 52.5 Å². The van der Waals surface area contributed by atoms with Gasteiger partial charge in [0.15, 0.2) is 11.5 Å². The molecule has 2 heterocycles. The molecule has 0 radical (unpaired) electrons. The molecule has 1 aromatic heterocycles. The van der Waals surface area contributed by atoms with Gasteiger partial charge in [-0.2, -0.15) is 0 Å². The van der Waals surface area contributed by atoms with Crippen molar-refractivity contribution in [2.45, 2.75) is 32.0 Å². The maximum absolute atomic E-state index is 10.3. The second-order valence-corrected chi connectivity index (χ2v) is 8.53. The maximum Gasteiger partial charge on any atom is 0.204 e. The SMILES string of the molecule is COc1cc2nc(N3CCC[C@H](O)C3)c(CNCc3ccccc3Cl)cc2c(OC)c1OC. The second kappa shape index (κ2) is 10.5. The fraction of sp³-hybridized carbons (Fsp3) is 0.400. The molecule has 0 aliphatic carbocycles. The fourth-order valence-electron chi connectivity index (χ4n) is 4.35. The number of benzene rings is 2. The summed E-state index contributed by atoms with van der Waals surface area (Å²) in [5.41, 5.74) is 2.79. The van der Waals surface area contributed by atoms with Crippen LogP contribution < -0.4 is 24.4 Å². The van der Waals surface area contributed by atoms with Gasteiger partial charge >= 0.3 is 0 Å². The molecule has 8 heteroatoms. The zero-order valence-electron chi connectivity index (χ0n) is 19.2. The Bertz CT molecular complexity index is 1120. The molecular formula is C25H30ClN3O4. The number of pyridine rings is 1. The van der Waals surface area contributed by atoms with Crippen LogP contribution in [0.15, 0.2) is 36.4 Å². The predicted octanol–water partition coefficient (Wildman–Crippen LogP) is 4.16. The highest BCUT2D eigenvalue weighted by Gasteiger charge is 2.24. The number of ether oxygens (including phenoxy) is 3. The summed E-state index contributed by atoms with van der Waals surface area (Å²) in [5, 5.41) is 15.3. The molecule has 0 saturated carbocycles. The molecule has 1 atom stereocenters. The van der Waals surface area contributed by atoms with Crippen LogP contribution in [0.4, 0.5) is 5.82 Å². The Morgan fingerprint density at radius 3 is 2.52 bits per heavy atom. The van der Waals surface area contributed by atoms with E-state index in [0.29, 0.717) is 36.9 Å². The molecule has 0 unspecified atom stereocenters. The van der Waals surface area contributed by atoms with Gasteiger partial charge in [-0.3, -0.25) is 0 Å². The van der Waals surface area contributed by atoms with Crippen molar-refractivity contribution < 1.29 is 19.3 Å². The first-order valence-corrected chi connectivity index (χ1v) is 11.4. The number of hydrogen-bond donors (Lipinski definition) is 2. The van der Waals surface area contributed by atoms with Crippen molar-refractivity contribution in [3.63, 3.8) is 0 Å². The van der Waals surface area contributed by atoms with E-state index >= 15 is 0 Å². The normalized spacial score (nSPS) is 16.2. The summed E-state index contributed by atoms with van der Waals surface area (Å²) < 4.78 is 16.8. The Morgan fingerprint density at radius 2 is 1.82 bits per heavy atom. The zero-order valence-corrected chi connectivity index (χ0v) is 20.0. The first-order chi connectivity index (χ1) is 16.0. The van der Waals surface area contributed by atoms with Crippen LogP contribution in [0.5, 0.6) is 17.2 Å². The van der Waals surface area contributed by atoms with Crippen molar-refractivity contribution in [2.24, 2.45) is 0 Å². The molecule has 1 saturated heterocycles. The van der Waals surface area contributed by atoms with Gasteiger partial charge in [0, 0.05) is 48.2 Å². The minimum absolute atomic E-state index is 0.361. The van der Waals surface area contributed by atoms with Crippen LogP contribution in [0.2, 0.25) is 5.02 Å². The molecule has 0 amide bonds. The van der Waals surface area contributed by atoms with Gasteiger partial charge in [-0.1, -0.05) is 29.8 Å². The summed E-state index contributed by atoms with van der Waals surface area (Å²) in [5.74, 6) is 2.52. The lowest BCUT2D eigenvalue weighted by Crippen LogP contribution is -2.39. The lowest BCUT2D eigenvalue weighted by atomic mass is 10.1. The number of nitrogens with one attached hydrogen (secondary N) is 1. The molecular weight excluding hydrogens is 442 g/mol. The van der Waals surface area contributed by atoms with Crippen molar-refractivity contribution in [2.75, 3.05) is 39.3 Å². The molecule has 1 aliphatic heterocycles. The van der Waals surface area contributed by atoms with E-state index < -0.39 is 0 Å². The number of halogens is 1. The first-order valence-electron chi connectivity index (χ1n) is 11.1. The molecule has 1 fully saturated rings. The molecule has 176 valence electrons. The molecule has 0 spiro atoms. The van der Waals surface area contributed by atoms with E-state index in [1.54, 1.807) is 21.3 Å². The Hall–Kier alpha value is -2.74. The number of piperidine rings is 1. The summed E-state index contributed by atoms with van der Waals surface area (Å²) in [6, 6.07) is 11.7. The van der Waals surface area contributed by atoms with Gasteiger partial charge in [0.2, 0.25) is 5.75 Å². The average Bonchev–Trinajstić information content (AvgIpc) is 2.83. The van der Waals surface area contributed by atoms with E-state index in [1.165, 1.54) is 0 Å². The first kappa shape index (κ1) is 23.4. The van der Waals surface area contributed by atoms with Gasteiger partial charge in [0.25, 0.3) is 0 Å². The van der Waals surface area contributed by atoms with E-state index in [0.717, 1.165) is 52.3 Å². The van der Waals surface area contributed by atoms with Crippen LogP contribution >= 0.6 is 11.6 Å². The van der Waals surface area contributed by atoms with Gasteiger partial charge in [0.1, 0.15) is 5.82 Å². The predicted molar refractivity (Wildman–Crippen MR) is 131 cm³/mol.